The molecule has 0 radical (unpaired) electrons. The summed E-state index contributed by atoms with van der Waals surface area (Å²) < 4.78 is 13.3. The molecule has 4 nitrogen and oxygen atoms in total. The second-order valence-corrected chi connectivity index (χ2v) is 5.83. The van der Waals surface area contributed by atoms with Crippen LogP contribution in [0.5, 0.6) is 11.5 Å². The summed E-state index contributed by atoms with van der Waals surface area (Å²) in [5.74, 6) is -0.862. The van der Waals surface area contributed by atoms with E-state index in [4.69, 9.17) is 0 Å². The lowest BCUT2D eigenvalue weighted by Crippen LogP contribution is -2.36. The van der Waals surface area contributed by atoms with Crippen molar-refractivity contribution in [2.75, 3.05) is 6.54 Å². The SMILES string of the molecule is O=C(c1ccc(O)cc1O)N1CCC[C@@H]1Cc1cccc(F)c1. The summed E-state index contributed by atoms with van der Waals surface area (Å²) in [5.41, 5.74) is 1.03. The number of hydrogen-bond acceptors (Lipinski definition) is 3. The van der Waals surface area contributed by atoms with E-state index in [1.165, 1.54) is 24.3 Å². The van der Waals surface area contributed by atoms with Crippen molar-refractivity contribution in [3.05, 3.63) is 59.4 Å². The van der Waals surface area contributed by atoms with Crippen LogP contribution in [0.3, 0.4) is 0 Å². The molecule has 2 aromatic rings. The second-order valence-electron chi connectivity index (χ2n) is 5.83. The predicted molar refractivity (Wildman–Crippen MR) is 83.9 cm³/mol. The summed E-state index contributed by atoms with van der Waals surface area (Å²) >= 11 is 0. The predicted octanol–water partition coefficient (Wildman–Crippen LogP) is 3.08. The molecule has 0 aromatic heterocycles. The van der Waals surface area contributed by atoms with E-state index in [0.29, 0.717) is 13.0 Å². The highest BCUT2D eigenvalue weighted by Crippen LogP contribution is 2.28. The monoisotopic (exact) mass is 315 g/mol. The highest BCUT2D eigenvalue weighted by Gasteiger charge is 2.30. The topological polar surface area (TPSA) is 60.8 Å². The van der Waals surface area contributed by atoms with Crippen LogP contribution in [-0.4, -0.2) is 33.6 Å². The zero-order valence-electron chi connectivity index (χ0n) is 12.6. The number of likely N-dealkylation sites (tertiary alicyclic amines) is 1. The van der Waals surface area contributed by atoms with Crippen molar-refractivity contribution < 1.29 is 19.4 Å². The number of rotatable bonds is 3. The van der Waals surface area contributed by atoms with Gasteiger partial charge in [-0.05, 0) is 49.1 Å². The van der Waals surface area contributed by atoms with Crippen LogP contribution in [0.4, 0.5) is 4.39 Å². The number of amides is 1. The first kappa shape index (κ1) is 15.3. The molecule has 1 amide bonds. The summed E-state index contributed by atoms with van der Waals surface area (Å²) in [4.78, 5) is 14.4. The van der Waals surface area contributed by atoms with Crippen molar-refractivity contribution in [3.8, 4) is 11.5 Å². The van der Waals surface area contributed by atoms with Crippen LogP contribution in [-0.2, 0) is 6.42 Å². The van der Waals surface area contributed by atoms with E-state index in [9.17, 15) is 19.4 Å². The minimum absolute atomic E-state index is 0.0162. The van der Waals surface area contributed by atoms with Gasteiger partial charge in [-0.2, -0.15) is 0 Å². The highest BCUT2D eigenvalue weighted by atomic mass is 19.1. The van der Waals surface area contributed by atoms with Crippen molar-refractivity contribution in [1.29, 1.82) is 0 Å². The molecule has 2 N–H and O–H groups in total. The maximum atomic E-state index is 13.3. The second kappa shape index (κ2) is 6.28. The standard InChI is InChI=1S/C18H18FNO3/c19-13-4-1-3-12(9-13)10-14-5-2-8-20(14)18(23)16-7-6-15(21)11-17(16)22/h1,3-4,6-7,9,11,14,21-22H,2,5,8,10H2/t14-/m1/s1. The molecule has 3 rings (SSSR count). The molecule has 23 heavy (non-hydrogen) atoms. The van der Waals surface area contributed by atoms with Gasteiger partial charge in [-0.3, -0.25) is 4.79 Å². The molecule has 2 aromatic carbocycles. The van der Waals surface area contributed by atoms with E-state index in [2.05, 4.69) is 0 Å². The third-order valence-electron chi connectivity index (χ3n) is 4.21. The van der Waals surface area contributed by atoms with Crippen LogP contribution in [0, 0.1) is 5.82 Å². The van der Waals surface area contributed by atoms with Gasteiger partial charge in [0.1, 0.15) is 17.3 Å². The van der Waals surface area contributed by atoms with Crippen LogP contribution in [0.25, 0.3) is 0 Å². The molecule has 120 valence electrons. The van der Waals surface area contributed by atoms with Gasteiger partial charge in [-0.25, -0.2) is 4.39 Å². The molecule has 0 unspecified atom stereocenters. The molecule has 1 saturated heterocycles. The van der Waals surface area contributed by atoms with Crippen molar-refractivity contribution in [3.63, 3.8) is 0 Å². The molecule has 0 spiro atoms. The third-order valence-corrected chi connectivity index (χ3v) is 4.21. The average molecular weight is 315 g/mol. The van der Waals surface area contributed by atoms with Gasteiger partial charge in [0, 0.05) is 18.7 Å². The van der Waals surface area contributed by atoms with Gasteiger partial charge in [-0.1, -0.05) is 12.1 Å². The van der Waals surface area contributed by atoms with Crippen LogP contribution < -0.4 is 0 Å². The average Bonchev–Trinajstić information content (AvgIpc) is 2.95. The summed E-state index contributed by atoms with van der Waals surface area (Å²) in [6, 6.07) is 10.3. The summed E-state index contributed by atoms with van der Waals surface area (Å²) in [6.45, 7) is 0.610. The van der Waals surface area contributed by atoms with Crippen molar-refractivity contribution in [1.82, 2.24) is 4.90 Å². The van der Waals surface area contributed by atoms with Gasteiger partial charge in [0.2, 0.25) is 0 Å². The number of hydrogen-bond donors (Lipinski definition) is 2. The lowest BCUT2D eigenvalue weighted by molar-refractivity contribution is 0.0733. The van der Waals surface area contributed by atoms with Gasteiger partial charge in [-0.15, -0.1) is 0 Å². The number of benzene rings is 2. The largest absolute Gasteiger partial charge is 0.508 e. The molecule has 1 heterocycles. The van der Waals surface area contributed by atoms with E-state index in [-0.39, 0.29) is 34.8 Å². The lowest BCUT2D eigenvalue weighted by atomic mass is 10.0. The molecular formula is C18H18FNO3. The molecule has 5 heteroatoms. The van der Waals surface area contributed by atoms with Crippen LogP contribution in [0.1, 0.15) is 28.8 Å². The van der Waals surface area contributed by atoms with Gasteiger partial charge < -0.3 is 15.1 Å². The molecule has 1 aliphatic heterocycles. The summed E-state index contributed by atoms with van der Waals surface area (Å²) in [5, 5.41) is 19.2. The van der Waals surface area contributed by atoms with Gasteiger partial charge in [0.25, 0.3) is 5.91 Å². The summed E-state index contributed by atoms with van der Waals surface area (Å²) in [6.07, 6.45) is 2.31. The minimum Gasteiger partial charge on any atom is -0.508 e. The number of phenols is 2. The first-order valence-electron chi connectivity index (χ1n) is 7.62. The molecule has 0 aliphatic carbocycles. The van der Waals surface area contributed by atoms with Gasteiger partial charge >= 0.3 is 0 Å². The van der Waals surface area contributed by atoms with Gasteiger partial charge in [0.05, 0.1) is 5.56 Å². The molecule has 1 atom stereocenters. The Kier molecular flexibility index (Phi) is 4.19. The fraction of sp³-hybridized carbons (Fsp3) is 0.278. The Balaban J connectivity index is 1.79. The summed E-state index contributed by atoms with van der Waals surface area (Å²) in [7, 11) is 0. The van der Waals surface area contributed by atoms with E-state index >= 15 is 0 Å². The normalized spacial score (nSPS) is 17.4. The van der Waals surface area contributed by atoms with E-state index < -0.39 is 0 Å². The Labute approximate surface area is 133 Å². The Morgan fingerprint density at radius 3 is 2.78 bits per heavy atom. The van der Waals surface area contributed by atoms with Crippen molar-refractivity contribution in [2.45, 2.75) is 25.3 Å². The highest BCUT2D eigenvalue weighted by molar-refractivity contribution is 5.97. The van der Waals surface area contributed by atoms with Crippen LogP contribution >= 0.6 is 0 Å². The molecule has 0 bridgehead atoms. The maximum absolute atomic E-state index is 13.3. The van der Waals surface area contributed by atoms with E-state index in [1.807, 2.05) is 6.07 Å². The molecule has 0 saturated carbocycles. The Morgan fingerprint density at radius 1 is 1.22 bits per heavy atom. The Bertz CT molecular complexity index is 732. The number of halogens is 1. The molecular weight excluding hydrogens is 297 g/mol. The van der Waals surface area contributed by atoms with Crippen molar-refractivity contribution >= 4 is 5.91 Å². The Hall–Kier alpha value is -2.56. The van der Waals surface area contributed by atoms with E-state index in [1.54, 1.807) is 11.0 Å². The first-order valence-corrected chi connectivity index (χ1v) is 7.62. The number of phenolic OH excluding ortho intramolecular Hbond substituents is 2. The third kappa shape index (κ3) is 3.28. The minimum atomic E-state index is -0.283. The Morgan fingerprint density at radius 2 is 2.04 bits per heavy atom. The number of carbonyl (C=O) groups excluding carboxylic acids is 1. The van der Waals surface area contributed by atoms with Crippen molar-refractivity contribution in [2.24, 2.45) is 0 Å². The van der Waals surface area contributed by atoms with Crippen LogP contribution in [0.2, 0.25) is 0 Å². The quantitative estimate of drug-likeness (QED) is 0.915. The smallest absolute Gasteiger partial charge is 0.257 e. The number of aromatic hydroxyl groups is 2. The lowest BCUT2D eigenvalue weighted by Gasteiger charge is -2.25. The van der Waals surface area contributed by atoms with E-state index in [0.717, 1.165) is 24.5 Å². The van der Waals surface area contributed by atoms with Crippen LogP contribution in [0.15, 0.2) is 42.5 Å². The first-order chi connectivity index (χ1) is 11.0. The van der Waals surface area contributed by atoms with Gasteiger partial charge in [0.15, 0.2) is 0 Å². The fourth-order valence-electron chi connectivity index (χ4n) is 3.11. The zero-order valence-corrected chi connectivity index (χ0v) is 12.6. The maximum Gasteiger partial charge on any atom is 0.257 e. The number of nitrogens with zero attached hydrogens (tertiary/aromatic N) is 1. The zero-order chi connectivity index (χ0) is 16.4. The fourth-order valence-corrected chi connectivity index (χ4v) is 3.11. The number of carbonyl (C=O) groups is 1. The molecule has 1 fully saturated rings. The molecule has 1 aliphatic rings.